The topological polar surface area (TPSA) is 75.7 Å². The normalized spacial score (nSPS) is 11.5. The molecule has 1 atom stereocenters. The Bertz CT molecular complexity index is 810. The molecular formula is C20H23BrN2O4S. The molecule has 0 saturated heterocycles. The lowest BCUT2D eigenvalue weighted by atomic mass is 9.99. The van der Waals surface area contributed by atoms with E-state index in [1.807, 2.05) is 30.3 Å². The smallest absolute Gasteiger partial charge is 0.311 e. The van der Waals surface area contributed by atoms with Gasteiger partial charge in [-0.25, -0.2) is 0 Å². The molecule has 1 aromatic carbocycles. The number of carbonyl (C=O) groups is 3. The second-order valence-corrected chi connectivity index (χ2v) is 8.67. The van der Waals surface area contributed by atoms with Crippen molar-refractivity contribution in [3.05, 3.63) is 56.7 Å². The minimum Gasteiger partial charge on any atom is -0.466 e. The van der Waals surface area contributed by atoms with Crippen molar-refractivity contribution in [1.82, 2.24) is 10.2 Å². The number of thiophene rings is 1. The molecule has 2 aromatic rings. The molecule has 0 aliphatic rings. The minimum absolute atomic E-state index is 0.0881. The lowest BCUT2D eigenvalue weighted by Gasteiger charge is -2.19. The van der Waals surface area contributed by atoms with Crippen LogP contribution in [0, 0.1) is 5.92 Å². The Hall–Kier alpha value is -2.19. The van der Waals surface area contributed by atoms with Crippen molar-refractivity contribution in [3.63, 3.8) is 0 Å². The summed E-state index contributed by atoms with van der Waals surface area (Å²) in [6, 6.07) is 13.1. The van der Waals surface area contributed by atoms with Crippen LogP contribution in [0.5, 0.6) is 0 Å². The van der Waals surface area contributed by atoms with E-state index in [-0.39, 0.29) is 37.5 Å². The van der Waals surface area contributed by atoms with Gasteiger partial charge in [-0.05, 0) is 47.0 Å². The molecular weight excluding hydrogens is 444 g/mol. The van der Waals surface area contributed by atoms with Gasteiger partial charge in [-0.1, -0.05) is 30.3 Å². The minimum atomic E-state index is -0.486. The van der Waals surface area contributed by atoms with Gasteiger partial charge in [0.15, 0.2) is 0 Å². The van der Waals surface area contributed by atoms with E-state index >= 15 is 0 Å². The molecule has 150 valence electrons. The maximum atomic E-state index is 12.3. The first-order valence-corrected chi connectivity index (χ1v) is 10.5. The maximum Gasteiger partial charge on any atom is 0.311 e. The zero-order valence-corrected chi connectivity index (χ0v) is 18.2. The highest BCUT2D eigenvalue weighted by atomic mass is 79.9. The molecule has 0 radical (unpaired) electrons. The zero-order valence-electron chi connectivity index (χ0n) is 15.8. The third-order valence-electron chi connectivity index (χ3n) is 4.00. The van der Waals surface area contributed by atoms with E-state index in [4.69, 9.17) is 4.74 Å². The lowest BCUT2D eigenvalue weighted by molar-refractivity contribution is -0.147. The van der Waals surface area contributed by atoms with Crippen LogP contribution in [0.15, 0.2) is 46.3 Å². The maximum absolute atomic E-state index is 12.3. The van der Waals surface area contributed by atoms with Gasteiger partial charge in [0.2, 0.25) is 5.91 Å². The first kappa shape index (κ1) is 22.1. The summed E-state index contributed by atoms with van der Waals surface area (Å²) in [5.41, 5.74) is 0.991. The number of benzene rings is 1. The van der Waals surface area contributed by atoms with Gasteiger partial charge in [-0.3, -0.25) is 14.4 Å². The Morgan fingerprint density at radius 3 is 2.50 bits per heavy atom. The van der Waals surface area contributed by atoms with E-state index < -0.39 is 5.92 Å². The second-order valence-electron chi connectivity index (χ2n) is 6.21. The summed E-state index contributed by atoms with van der Waals surface area (Å²) < 4.78 is 5.98. The second kappa shape index (κ2) is 11.0. The fourth-order valence-corrected chi connectivity index (χ4v) is 3.98. The number of ether oxygens (including phenoxy) is 1. The number of amides is 2. The van der Waals surface area contributed by atoms with Crippen molar-refractivity contribution < 1.29 is 19.1 Å². The first-order chi connectivity index (χ1) is 13.4. The molecule has 0 spiro atoms. The number of likely N-dealkylation sites (N-methyl/N-ethyl adjacent to an activating group) is 1. The van der Waals surface area contributed by atoms with Gasteiger partial charge < -0.3 is 15.0 Å². The van der Waals surface area contributed by atoms with E-state index in [9.17, 15) is 14.4 Å². The molecule has 1 aromatic heterocycles. The number of nitrogens with zero attached hydrogens (tertiary/aromatic N) is 1. The molecule has 2 amide bonds. The highest BCUT2D eigenvalue weighted by Crippen LogP contribution is 2.23. The van der Waals surface area contributed by atoms with Crippen LogP contribution in [-0.2, 0) is 20.7 Å². The fourth-order valence-electron chi connectivity index (χ4n) is 2.60. The van der Waals surface area contributed by atoms with Crippen LogP contribution >= 0.6 is 27.3 Å². The summed E-state index contributed by atoms with van der Waals surface area (Å²) in [7, 11) is 1.57. The molecule has 28 heavy (non-hydrogen) atoms. The third-order valence-corrected chi connectivity index (χ3v) is 5.61. The molecule has 0 aliphatic heterocycles. The van der Waals surface area contributed by atoms with Crippen molar-refractivity contribution >= 4 is 45.1 Å². The Morgan fingerprint density at radius 2 is 1.89 bits per heavy atom. The number of hydrogen-bond acceptors (Lipinski definition) is 5. The van der Waals surface area contributed by atoms with Gasteiger partial charge in [0.1, 0.15) is 0 Å². The number of carbonyl (C=O) groups excluding carboxylic acids is 3. The van der Waals surface area contributed by atoms with Gasteiger partial charge in [-0.15, -0.1) is 11.3 Å². The Balaban J connectivity index is 1.90. The Labute approximate surface area is 177 Å². The van der Waals surface area contributed by atoms with E-state index in [1.165, 1.54) is 16.2 Å². The molecule has 1 N–H and O–H groups in total. The molecule has 0 saturated carbocycles. The van der Waals surface area contributed by atoms with Crippen LogP contribution in [0.25, 0.3) is 0 Å². The van der Waals surface area contributed by atoms with Crippen LogP contribution in [0.1, 0.15) is 22.2 Å². The fraction of sp³-hybridized carbons (Fsp3) is 0.350. The summed E-state index contributed by atoms with van der Waals surface area (Å²) in [6.45, 7) is 2.10. The largest absolute Gasteiger partial charge is 0.466 e. The molecule has 6 nitrogen and oxygen atoms in total. The molecule has 0 bridgehead atoms. The SMILES string of the molecule is CCOC(=O)C(CNC(=O)CN(C)C(=O)c1ccc(Br)s1)Cc1ccccc1. The predicted molar refractivity (Wildman–Crippen MR) is 112 cm³/mol. The monoisotopic (exact) mass is 466 g/mol. The van der Waals surface area contributed by atoms with E-state index in [0.29, 0.717) is 11.3 Å². The first-order valence-electron chi connectivity index (χ1n) is 8.88. The van der Waals surface area contributed by atoms with Gasteiger partial charge in [-0.2, -0.15) is 0 Å². The van der Waals surface area contributed by atoms with Crippen LogP contribution in [-0.4, -0.2) is 49.4 Å². The van der Waals surface area contributed by atoms with Crippen molar-refractivity contribution in [2.24, 2.45) is 5.92 Å². The van der Waals surface area contributed by atoms with Gasteiger partial charge in [0.05, 0.1) is 27.7 Å². The zero-order chi connectivity index (χ0) is 20.5. The highest BCUT2D eigenvalue weighted by molar-refractivity contribution is 9.11. The van der Waals surface area contributed by atoms with Crippen LogP contribution in [0.2, 0.25) is 0 Å². The quantitative estimate of drug-likeness (QED) is 0.576. The van der Waals surface area contributed by atoms with Gasteiger partial charge in [0, 0.05) is 13.6 Å². The van der Waals surface area contributed by atoms with E-state index in [0.717, 1.165) is 9.35 Å². The standard InChI is InChI=1S/C20H23BrN2O4S/c1-3-27-20(26)15(11-14-7-5-4-6-8-14)12-22-18(24)13-23(2)19(25)16-9-10-17(21)28-16/h4-10,15H,3,11-13H2,1-2H3,(H,22,24). The molecule has 1 unspecified atom stereocenters. The van der Waals surface area contributed by atoms with E-state index in [2.05, 4.69) is 21.2 Å². The third kappa shape index (κ3) is 6.76. The van der Waals surface area contributed by atoms with E-state index in [1.54, 1.807) is 26.1 Å². The van der Waals surface area contributed by atoms with Gasteiger partial charge in [0.25, 0.3) is 5.91 Å². The Morgan fingerprint density at radius 1 is 1.18 bits per heavy atom. The van der Waals surface area contributed by atoms with Crippen LogP contribution in [0.4, 0.5) is 0 Å². The summed E-state index contributed by atoms with van der Waals surface area (Å²) in [5, 5.41) is 2.75. The number of nitrogens with one attached hydrogen (secondary N) is 1. The number of esters is 1. The van der Waals surface area contributed by atoms with Crippen molar-refractivity contribution in [1.29, 1.82) is 0 Å². The average Bonchev–Trinajstić information content (AvgIpc) is 3.11. The van der Waals surface area contributed by atoms with Crippen molar-refractivity contribution in [2.75, 3.05) is 26.7 Å². The summed E-state index contributed by atoms with van der Waals surface area (Å²) in [5.74, 6) is -1.38. The number of halogens is 1. The summed E-state index contributed by atoms with van der Waals surface area (Å²) in [4.78, 5) is 38.7. The Kier molecular flexibility index (Phi) is 8.66. The molecule has 8 heteroatoms. The van der Waals surface area contributed by atoms with Crippen LogP contribution in [0.3, 0.4) is 0 Å². The highest BCUT2D eigenvalue weighted by Gasteiger charge is 2.22. The average molecular weight is 467 g/mol. The number of hydrogen-bond donors (Lipinski definition) is 1. The summed E-state index contributed by atoms with van der Waals surface area (Å²) in [6.07, 6.45) is 0.470. The van der Waals surface area contributed by atoms with Crippen molar-refractivity contribution in [3.8, 4) is 0 Å². The van der Waals surface area contributed by atoms with Crippen LogP contribution < -0.4 is 5.32 Å². The van der Waals surface area contributed by atoms with Gasteiger partial charge >= 0.3 is 5.97 Å². The molecule has 0 aliphatic carbocycles. The summed E-state index contributed by atoms with van der Waals surface area (Å²) >= 11 is 4.63. The number of rotatable bonds is 9. The molecule has 1 heterocycles. The molecule has 2 rings (SSSR count). The van der Waals surface area contributed by atoms with Crippen molar-refractivity contribution in [2.45, 2.75) is 13.3 Å². The molecule has 0 fully saturated rings. The predicted octanol–water partition coefficient (Wildman–Crippen LogP) is 3.12. The lowest BCUT2D eigenvalue weighted by Crippen LogP contribution is -2.41.